The summed E-state index contributed by atoms with van der Waals surface area (Å²) in [6, 6.07) is 0. The van der Waals surface area contributed by atoms with Crippen LogP contribution < -0.4 is 0 Å². The first kappa shape index (κ1) is 19.2. The maximum Gasteiger partial charge on any atom is 0.303 e. The SMILES string of the molecule is CC1=CCCC2C(C)(CCC(C)CC(=O)O)C(C)C(=O)C(O)C12C. The summed E-state index contributed by atoms with van der Waals surface area (Å²) < 4.78 is 0. The van der Waals surface area contributed by atoms with Crippen LogP contribution in [0.25, 0.3) is 0 Å². The van der Waals surface area contributed by atoms with Gasteiger partial charge in [-0.3, -0.25) is 9.59 Å². The third-order valence-corrected chi connectivity index (χ3v) is 7.23. The van der Waals surface area contributed by atoms with E-state index >= 15 is 0 Å². The molecule has 6 unspecified atom stereocenters. The lowest BCUT2D eigenvalue weighted by Gasteiger charge is -2.59. The molecule has 0 bridgehead atoms. The van der Waals surface area contributed by atoms with Crippen LogP contribution in [0.2, 0.25) is 0 Å². The van der Waals surface area contributed by atoms with Gasteiger partial charge in [-0.1, -0.05) is 39.3 Å². The highest BCUT2D eigenvalue weighted by Crippen LogP contribution is 2.60. The first-order valence-electron chi connectivity index (χ1n) is 9.16. The van der Waals surface area contributed by atoms with Crippen molar-refractivity contribution < 1.29 is 19.8 Å². The van der Waals surface area contributed by atoms with E-state index in [1.54, 1.807) is 0 Å². The molecule has 0 aliphatic heterocycles. The fraction of sp³-hybridized carbons (Fsp3) is 0.800. The number of Topliss-reactive ketones (excluding diaryl/α,β-unsaturated/α-hetero) is 1. The van der Waals surface area contributed by atoms with Crippen molar-refractivity contribution >= 4 is 11.8 Å². The molecular weight excluding hydrogens is 304 g/mol. The Kier molecular flexibility index (Phi) is 5.29. The molecule has 2 aliphatic rings. The monoisotopic (exact) mass is 336 g/mol. The molecule has 0 aromatic rings. The topological polar surface area (TPSA) is 74.6 Å². The van der Waals surface area contributed by atoms with Gasteiger partial charge >= 0.3 is 5.97 Å². The van der Waals surface area contributed by atoms with Crippen LogP contribution in [0.1, 0.15) is 66.7 Å². The van der Waals surface area contributed by atoms with Crippen LogP contribution in [0.15, 0.2) is 11.6 Å². The number of fused-ring (bicyclic) bond motifs is 1. The molecule has 0 aromatic heterocycles. The Hall–Kier alpha value is -1.16. The molecule has 1 saturated carbocycles. The quantitative estimate of drug-likeness (QED) is 0.748. The highest BCUT2D eigenvalue weighted by molar-refractivity contribution is 5.88. The Morgan fingerprint density at radius 2 is 2.04 bits per heavy atom. The molecular formula is C20H32O4. The highest BCUT2D eigenvalue weighted by atomic mass is 16.4. The number of carbonyl (C=O) groups is 2. The van der Waals surface area contributed by atoms with Crippen molar-refractivity contribution in [1.82, 2.24) is 0 Å². The third-order valence-electron chi connectivity index (χ3n) is 7.23. The zero-order chi connectivity index (χ0) is 18.3. The average Bonchev–Trinajstić information content (AvgIpc) is 2.51. The summed E-state index contributed by atoms with van der Waals surface area (Å²) in [5.41, 5.74) is 0.427. The van der Waals surface area contributed by atoms with Crippen molar-refractivity contribution in [2.75, 3.05) is 0 Å². The van der Waals surface area contributed by atoms with E-state index in [0.717, 1.165) is 31.3 Å². The molecule has 2 aliphatic carbocycles. The summed E-state index contributed by atoms with van der Waals surface area (Å²) in [6.07, 6.45) is 4.99. The molecule has 4 nitrogen and oxygen atoms in total. The Morgan fingerprint density at radius 3 is 2.62 bits per heavy atom. The summed E-state index contributed by atoms with van der Waals surface area (Å²) in [4.78, 5) is 23.7. The second kappa shape index (κ2) is 6.62. The third kappa shape index (κ3) is 2.94. The Labute approximate surface area is 145 Å². The largest absolute Gasteiger partial charge is 0.481 e. The van der Waals surface area contributed by atoms with Gasteiger partial charge in [-0.15, -0.1) is 0 Å². The van der Waals surface area contributed by atoms with Crippen molar-refractivity contribution in [1.29, 1.82) is 0 Å². The zero-order valence-electron chi connectivity index (χ0n) is 15.6. The molecule has 0 saturated heterocycles. The van der Waals surface area contributed by atoms with Gasteiger partial charge in [0.25, 0.3) is 0 Å². The van der Waals surface area contributed by atoms with Gasteiger partial charge in [-0.05, 0) is 49.9 Å². The molecule has 0 spiro atoms. The van der Waals surface area contributed by atoms with E-state index in [9.17, 15) is 14.7 Å². The lowest BCUT2D eigenvalue weighted by Crippen LogP contribution is -2.61. The maximum atomic E-state index is 12.8. The molecule has 0 heterocycles. The number of rotatable bonds is 5. The fourth-order valence-corrected chi connectivity index (χ4v) is 5.19. The first-order chi connectivity index (χ1) is 11.0. The molecule has 0 radical (unpaired) electrons. The zero-order valence-corrected chi connectivity index (χ0v) is 15.6. The lowest BCUT2D eigenvalue weighted by molar-refractivity contribution is -0.165. The molecule has 1 fully saturated rings. The van der Waals surface area contributed by atoms with Gasteiger partial charge in [0.05, 0.1) is 0 Å². The summed E-state index contributed by atoms with van der Waals surface area (Å²) in [7, 11) is 0. The fourth-order valence-electron chi connectivity index (χ4n) is 5.19. The second-order valence-corrected chi connectivity index (χ2v) is 8.57. The van der Waals surface area contributed by atoms with Crippen molar-refractivity contribution in [2.45, 2.75) is 72.8 Å². The number of ketones is 1. The van der Waals surface area contributed by atoms with Crippen molar-refractivity contribution in [3.63, 3.8) is 0 Å². The van der Waals surface area contributed by atoms with Gasteiger partial charge in [0.2, 0.25) is 0 Å². The Morgan fingerprint density at radius 1 is 1.42 bits per heavy atom. The number of carboxylic acids is 1. The number of carbonyl (C=O) groups excluding carboxylic acids is 1. The minimum absolute atomic E-state index is 0.0585. The van der Waals surface area contributed by atoms with Gasteiger partial charge in [-0.2, -0.15) is 0 Å². The smallest absolute Gasteiger partial charge is 0.303 e. The van der Waals surface area contributed by atoms with Crippen molar-refractivity contribution in [3.8, 4) is 0 Å². The highest BCUT2D eigenvalue weighted by Gasteiger charge is 2.60. The van der Waals surface area contributed by atoms with Crippen LogP contribution in [0, 0.1) is 28.6 Å². The molecule has 4 heteroatoms. The first-order valence-corrected chi connectivity index (χ1v) is 9.16. The van der Waals surface area contributed by atoms with Crippen molar-refractivity contribution in [3.05, 3.63) is 11.6 Å². The summed E-state index contributed by atoms with van der Waals surface area (Å²) >= 11 is 0. The predicted octanol–water partition coefficient (Wildman–Crippen LogP) is 3.83. The standard InChI is InChI=1S/C20H32O4/c1-12(11-16(21)22)9-10-19(4)14(3)17(23)18(24)20(5)13(2)7-6-8-15(19)20/h7,12,14-15,18,24H,6,8-11H2,1-5H3,(H,21,22). The number of hydrogen-bond acceptors (Lipinski definition) is 3. The molecule has 6 atom stereocenters. The van der Waals surface area contributed by atoms with Crippen LogP contribution in [0.4, 0.5) is 0 Å². The Bertz CT molecular complexity index is 552. The van der Waals surface area contributed by atoms with E-state index in [2.05, 4.69) is 13.0 Å². The van der Waals surface area contributed by atoms with E-state index in [0.29, 0.717) is 0 Å². The van der Waals surface area contributed by atoms with Crippen LogP contribution in [-0.4, -0.2) is 28.1 Å². The molecule has 24 heavy (non-hydrogen) atoms. The van der Waals surface area contributed by atoms with E-state index < -0.39 is 17.5 Å². The number of hydrogen-bond donors (Lipinski definition) is 2. The lowest BCUT2D eigenvalue weighted by atomic mass is 9.45. The molecule has 136 valence electrons. The van der Waals surface area contributed by atoms with E-state index in [1.165, 1.54) is 0 Å². The average molecular weight is 336 g/mol. The van der Waals surface area contributed by atoms with E-state index in [-0.39, 0.29) is 35.4 Å². The Balaban J connectivity index is 2.31. The summed E-state index contributed by atoms with van der Waals surface area (Å²) in [6.45, 7) is 10.2. The summed E-state index contributed by atoms with van der Waals surface area (Å²) in [5.74, 6) is -0.683. The van der Waals surface area contributed by atoms with Crippen LogP contribution >= 0.6 is 0 Å². The molecule has 0 amide bonds. The van der Waals surface area contributed by atoms with Gasteiger partial charge in [0.1, 0.15) is 6.10 Å². The number of aliphatic hydroxyl groups is 1. The van der Waals surface area contributed by atoms with Gasteiger partial charge in [0.15, 0.2) is 5.78 Å². The van der Waals surface area contributed by atoms with Gasteiger partial charge < -0.3 is 10.2 Å². The van der Waals surface area contributed by atoms with E-state index in [1.807, 2.05) is 27.7 Å². The van der Waals surface area contributed by atoms with Crippen LogP contribution in [0.3, 0.4) is 0 Å². The normalized spacial score (nSPS) is 40.7. The predicted molar refractivity (Wildman–Crippen MR) is 93.5 cm³/mol. The van der Waals surface area contributed by atoms with Crippen LogP contribution in [-0.2, 0) is 9.59 Å². The van der Waals surface area contributed by atoms with E-state index in [4.69, 9.17) is 5.11 Å². The van der Waals surface area contributed by atoms with Gasteiger partial charge in [-0.25, -0.2) is 0 Å². The summed E-state index contributed by atoms with van der Waals surface area (Å²) in [5, 5.41) is 19.7. The van der Waals surface area contributed by atoms with Gasteiger partial charge in [0, 0.05) is 17.8 Å². The second-order valence-electron chi connectivity index (χ2n) is 8.57. The number of carboxylic acid groups (broad SMARTS) is 1. The molecule has 0 aromatic carbocycles. The number of aliphatic hydroxyl groups excluding tert-OH is 1. The molecule has 2 rings (SSSR count). The number of aliphatic carboxylic acids is 1. The minimum atomic E-state index is -0.932. The minimum Gasteiger partial charge on any atom is -0.481 e. The number of allylic oxidation sites excluding steroid dienone is 1. The molecule has 2 N–H and O–H groups in total. The van der Waals surface area contributed by atoms with Crippen LogP contribution in [0.5, 0.6) is 0 Å². The maximum absolute atomic E-state index is 12.8. The van der Waals surface area contributed by atoms with Crippen molar-refractivity contribution in [2.24, 2.45) is 28.6 Å².